The lowest BCUT2D eigenvalue weighted by atomic mass is 10.1. The molecule has 0 spiro atoms. The van der Waals surface area contributed by atoms with Gasteiger partial charge in [-0.3, -0.25) is 4.79 Å². The van der Waals surface area contributed by atoms with Gasteiger partial charge in [0.15, 0.2) is 5.71 Å². The van der Waals surface area contributed by atoms with Crippen molar-refractivity contribution < 1.29 is 9.90 Å². The number of rotatable bonds is 2. The van der Waals surface area contributed by atoms with Gasteiger partial charge in [0.25, 0.3) is 5.91 Å². The summed E-state index contributed by atoms with van der Waals surface area (Å²) in [5, 5.41) is 17.6. The minimum Gasteiger partial charge on any atom is -0.507 e. The molecule has 1 aliphatic heterocycles. The van der Waals surface area contributed by atoms with Crippen LogP contribution in [0.2, 0.25) is 0 Å². The van der Waals surface area contributed by atoms with Gasteiger partial charge in [-0.1, -0.05) is 30.3 Å². The van der Waals surface area contributed by atoms with Gasteiger partial charge in [-0.2, -0.15) is 5.10 Å². The van der Waals surface area contributed by atoms with E-state index in [-0.39, 0.29) is 11.7 Å². The smallest absolute Gasteiger partial charge is 0.279 e. The van der Waals surface area contributed by atoms with E-state index in [1.165, 1.54) is 6.21 Å². The fourth-order valence-corrected chi connectivity index (χ4v) is 2.19. The maximum absolute atomic E-state index is 12.1. The summed E-state index contributed by atoms with van der Waals surface area (Å²) < 4.78 is 0. The Morgan fingerprint density at radius 3 is 2.62 bits per heavy atom. The molecule has 0 fully saturated rings. The van der Waals surface area contributed by atoms with Crippen LogP contribution in [-0.2, 0) is 4.79 Å². The Morgan fingerprint density at radius 2 is 1.81 bits per heavy atom. The summed E-state index contributed by atoms with van der Waals surface area (Å²) in [5.41, 5.74) is 2.44. The number of phenolic OH excluding ortho intramolecular Hbond substituents is 1. The number of anilines is 1. The van der Waals surface area contributed by atoms with Gasteiger partial charge in [-0.15, -0.1) is 5.10 Å². The number of carbonyl (C=O) groups is 1. The molecular weight excluding hydrogens is 266 g/mol. The van der Waals surface area contributed by atoms with Crippen molar-refractivity contribution >= 4 is 23.5 Å². The number of benzene rings is 2. The van der Waals surface area contributed by atoms with Gasteiger partial charge in [-0.05, 0) is 18.2 Å². The quantitative estimate of drug-likeness (QED) is 0.676. The van der Waals surface area contributed by atoms with Crippen molar-refractivity contribution in [2.45, 2.75) is 0 Å². The predicted molar refractivity (Wildman–Crippen MR) is 82.1 cm³/mol. The molecule has 1 amide bonds. The Labute approximate surface area is 121 Å². The summed E-state index contributed by atoms with van der Waals surface area (Å²) in [6.07, 6.45) is 1.43. The van der Waals surface area contributed by atoms with E-state index >= 15 is 0 Å². The number of fused-ring (bicyclic) bond motifs is 1. The molecule has 104 valence electrons. The van der Waals surface area contributed by atoms with Crippen molar-refractivity contribution in [1.82, 2.24) is 0 Å². The highest BCUT2D eigenvalue weighted by molar-refractivity contribution is 6.54. The highest BCUT2D eigenvalue weighted by Crippen LogP contribution is 2.27. The molecule has 21 heavy (non-hydrogen) atoms. The second-order valence-electron chi connectivity index (χ2n) is 4.63. The lowest BCUT2D eigenvalue weighted by Gasteiger charge is -2.07. The first-order valence-electron chi connectivity index (χ1n) is 6.45. The second-order valence-corrected chi connectivity index (χ2v) is 4.63. The third kappa shape index (κ3) is 2.29. The number of nitrogens with zero attached hydrogens (tertiary/aromatic N) is 3. The van der Waals surface area contributed by atoms with Crippen LogP contribution >= 0.6 is 0 Å². The molecule has 0 radical (unpaired) electrons. The topological polar surface area (TPSA) is 65.3 Å². The minimum absolute atomic E-state index is 0.122. The molecule has 1 N–H and O–H groups in total. The Kier molecular flexibility index (Phi) is 3.23. The van der Waals surface area contributed by atoms with E-state index < -0.39 is 0 Å². The van der Waals surface area contributed by atoms with Crippen LogP contribution in [0.1, 0.15) is 11.1 Å². The summed E-state index contributed by atoms with van der Waals surface area (Å²) in [5.74, 6) is -0.0673. The highest BCUT2D eigenvalue weighted by atomic mass is 16.3. The van der Waals surface area contributed by atoms with E-state index in [0.29, 0.717) is 11.3 Å². The highest BCUT2D eigenvalue weighted by Gasteiger charge is 2.30. The number of para-hydroxylation sites is 2. The van der Waals surface area contributed by atoms with Crippen LogP contribution in [0.4, 0.5) is 5.69 Å². The molecule has 0 atom stereocenters. The largest absolute Gasteiger partial charge is 0.507 e. The van der Waals surface area contributed by atoms with Gasteiger partial charge >= 0.3 is 0 Å². The summed E-state index contributed by atoms with van der Waals surface area (Å²) in [7, 11) is 1.70. The zero-order chi connectivity index (χ0) is 14.8. The first-order valence-corrected chi connectivity index (χ1v) is 6.45. The summed E-state index contributed by atoms with van der Waals surface area (Å²) in [4.78, 5) is 13.7. The van der Waals surface area contributed by atoms with Crippen molar-refractivity contribution in [2.75, 3.05) is 11.9 Å². The Morgan fingerprint density at radius 1 is 1.10 bits per heavy atom. The molecule has 0 aliphatic carbocycles. The molecule has 2 aromatic rings. The zero-order valence-electron chi connectivity index (χ0n) is 11.4. The molecular formula is C16H13N3O2. The fraction of sp³-hybridized carbons (Fsp3) is 0.0625. The Hall–Kier alpha value is -2.95. The fourth-order valence-electron chi connectivity index (χ4n) is 2.19. The number of amides is 1. The number of aromatic hydroxyl groups is 1. The molecule has 3 rings (SSSR count). The van der Waals surface area contributed by atoms with E-state index in [2.05, 4.69) is 10.2 Å². The van der Waals surface area contributed by atoms with E-state index in [0.717, 1.165) is 11.3 Å². The Balaban J connectivity index is 1.94. The SMILES string of the molecule is CN1C(=O)/C(=N\N=C\c2ccccc2O)c2ccccc21. The first-order chi connectivity index (χ1) is 10.2. The second kappa shape index (κ2) is 5.20. The van der Waals surface area contributed by atoms with Gasteiger partial charge in [0.2, 0.25) is 0 Å². The lowest BCUT2D eigenvalue weighted by Crippen LogP contribution is -2.25. The Bertz CT molecular complexity index is 766. The van der Waals surface area contributed by atoms with Crippen molar-refractivity contribution in [2.24, 2.45) is 10.2 Å². The van der Waals surface area contributed by atoms with Crippen LogP contribution in [0.25, 0.3) is 0 Å². The van der Waals surface area contributed by atoms with E-state index in [4.69, 9.17) is 0 Å². The molecule has 0 unspecified atom stereocenters. The zero-order valence-corrected chi connectivity index (χ0v) is 11.4. The standard InChI is InChI=1S/C16H13N3O2/c1-19-13-8-4-3-7-12(13)15(16(19)21)18-17-10-11-6-2-5-9-14(11)20/h2-10,20H,1H3/b17-10+,18-15-. The van der Waals surface area contributed by atoms with Crippen LogP contribution in [-0.4, -0.2) is 30.0 Å². The number of hydrogen-bond donors (Lipinski definition) is 1. The average molecular weight is 279 g/mol. The van der Waals surface area contributed by atoms with Crippen LogP contribution in [0, 0.1) is 0 Å². The van der Waals surface area contributed by atoms with Gasteiger partial charge in [-0.25, -0.2) is 0 Å². The van der Waals surface area contributed by atoms with Crippen molar-refractivity contribution in [3.63, 3.8) is 0 Å². The van der Waals surface area contributed by atoms with Crippen molar-refractivity contribution in [1.29, 1.82) is 0 Å². The molecule has 1 heterocycles. The molecule has 1 aliphatic rings. The predicted octanol–water partition coefficient (Wildman–Crippen LogP) is 2.19. The van der Waals surface area contributed by atoms with Crippen molar-refractivity contribution in [3.05, 3.63) is 59.7 Å². The van der Waals surface area contributed by atoms with Crippen LogP contribution < -0.4 is 4.90 Å². The van der Waals surface area contributed by atoms with Gasteiger partial charge < -0.3 is 10.0 Å². The van der Waals surface area contributed by atoms with Gasteiger partial charge in [0.05, 0.1) is 11.9 Å². The monoisotopic (exact) mass is 279 g/mol. The molecule has 0 saturated heterocycles. The summed E-state index contributed by atoms with van der Waals surface area (Å²) in [6.45, 7) is 0. The molecule has 0 bridgehead atoms. The number of hydrogen-bond acceptors (Lipinski definition) is 4. The number of carbonyl (C=O) groups excluding carboxylic acids is 1. The van der Waals surface area contributed by atoms with E-state index in [9.17, 15) is 9.90 Å². The maximum Gasteiger partial charge on any atom is 0.279 e. The van der Waals surface area contributed by atoms with E-state index in [1.54, 1.807) is 36.2 Å². The van der Waals surface area contributed by atoms with E-state index in [1.807, 2.05) is 24.3 Å². The molecule has 2 aromatic carbocycles. The summed E-state index contributed by atoms with van der Waals surface area (Å²) >= 11 is 0. The molecule has 0 saturated carbocycles. The molecule has 5 nitrogen and oxygen atoms in total. The third-order valence-electron chi connectivity index (χ3n) is 3.32. The van der Waals surface area contributed by atoms with Gasteiger partial charge in [0.1, 0.15) is 5.75 Å². The average Bonchev–Trinajstić information content (AvgIpc) is 2.74. The van der Waals surface area contributed by atoms with Crippen LogP contribution in [0.5, 0.6) is 5.75 Å². The third-order valence-corrected chi connectivity index (χ3v) is 3.32. The van der Waals surface area contributed by atoms with Gasteiger partial charge in [0, 0.05) is 18.2 Å². The molecule has 5 heteroatoms. The normalized spacial score (nSPS) is 16.0. The number of phenols is 1. The number of likely N-dealkylation sites (N-methyl/N-ethyl adjacent to an activating group) is 1. The first kappa shape index (κ1) is 13.1. The lowest BCUT2D eigenvalue weighted by molar-refractivity contribution is -0.111. The summed E-state index contributed by atoms with van der Waals surface area (Å²) in [6, 6.07) is 14.2. The molecule has 0 aromatic heterocycles. The van der Waals surface area contributed by atoms with Crippen LogP contribution in [0.15, 0.2) is 58.7 Å². The minimum atomic E-state index is -0.189. The maximum atomic E-state index is 12.1. The van der Waals surface area contributed by atoms with Crippen LogP contribution in [0.3, 0.4) is 0 Å². The van der Waals surface area contributed by atoms with Crippen molar-refractivity contribution in [3.8, 4) is 5.75 Å².